The molecule has 2 N–H and O–H groups in total. The molecule has 7 nitrogen and oxygen atoms in total. The van der Waals surface area contributed by atoms with Crippen LogP contribution in [0.2, 0.25) is 0 Å². The molecule has 4 rings (SSSR count). The fourth-order valence-corrected chi connectivity index (χ4v) is 5.46. The molecule has 1 aliphatic carbocycles. The fraction of sp³-hybridized carbons (Fsp3) is 0.500. The zero-order valence-corrected chi connectivity index (χ0v) is 20.5. The summed E-state index contributed by atoms with van der Waals surface area (Å²) in [6, 6.07) is 18.1. The number of hydrogen-bond acceptors (Lipinski definition) is 5. The molecule has 2 aliphatic rings. The van der Waals surface area contributed by atoms with Gasteiger partial charge in [0.2, 0.25) is 0 Å². The number of hydrogen-bond donors (Lipinski definition) is 2. The lowest BCUT2D eigenvalue weighted by atomic mass is 9.87. The zero-order valence-electron chi connectivity index (χ0n) is 20.5. The van der Waals surface area contributed by atoms with E-state index in [4.69, 9.17) is 10.00 Å². The number of ether oxygens (including phenoxy) is 1. The van der Waals surface area contributed by atoms with Crippen LogP contribution in [0.3, 0.4) is 0 Å². The molecule has 186 valence electrons. The smallest absolute Gasteiger partial charge is 0.407 e. The lowest BCUT2D eigenvalue weighted by Gasteiger charge is -2.43. The number of carboxylic acid groups (broad SMARTS) is 1. The van der Waals surface area contributed by atoms with E-state index >= 15 is 0 Å². The maximum Gasteiger partial charge on any atom is 0.407 e. The highest BCUT2D eigenvalue weighted by molar-refractivity contribution is 5.65. The maximum atomic E-state index is 12.3. The largest absolute Gasteiger partial charge is 0.494 e. The van der Waals surface area contributed by atoms with Crippen molar-refractivity contribution < 1.29 is 14.6 Å². The van der Waals surface area contributed by atoms with Gasteiger partial charge in [-0.1, -0.05) is 25.0 Å². The Hall–Kier alpha value is -3.24. The number of nitrogens with one attached hydrogen (secondary N) is 1. The van der Waals surface area contributed by atoms with Crippen LogP contribution in [0.25, 0.3) is 0 Å². The standard InChI is InChI=1S/C28H36N4O3/c1-2-35-25-15-11-22(12-16-25)19-32(28(33)34)27-8-4-3-7-26(27)30-23-6-5-17-31(20-23)24-13-9-21(18-29)10-14-24/h9-16,23,26-27,30H,2-8,17,19-20H2,1H3,(H,33,34)/t23-,26+,27+/m0/s1. The number of amides is 1. The van der Waals surface area contributed by atoms with Crippen LogP contribution in [0.15, 0.2) is 48.5 Å². The van der Waals surface area contributed by atoms with Crippen LogP contribution in [0.5, 0.6) is 5.75 Å². The quantitative estimate of drug-likeness (QED) is 0.557. The molecule has 2 fully saturated rings. The van der Waals surface area contributed by atoms with Gasteiger partial charge >= 0.3 is 6.09 Å². The molecule has 0 radical (unpaired) electrons. The molecule has 0 aromatic heterocycles. The van der Waals surface area contributed by atoms with Crippen LogP contribution >= 0.6 is 0 Å². The van der Waals surface area contributed by atoms with Gasteiger partial charge in [0.1, 0.15) is 5.75 Å². The predicted molar refractivity (Wildman–Crippen MR) is 137 cm³/mol. The van der Waals surface area contributed by atoms with Crippen LogP contribution in [-0.4, -0.2) is 53.9 Å². The summed E-state index contributed by atoms with van der Waals surface area (Å²) in [5.74, 6) is 0.805. The normalized spacial score (nSPS) is 22.3. The van der Waals surface area contributed by atoms with E-state index in [0.717, 1.165) is 68.6 Å². The van der Waals surface area contributed by atoms with Crippen molar-refractivity contribution in [1.29, 1.82) is 5.26 Å². The minimum Gasteiger partial charge on any atom is -0.494 e. The van der Waals surface area contributed by atoms with Gasteiger partial charge in [-0.3, -0.25) is 4.90 Å². The van der Waals surface area contributed by atoms with E-state index in [0.29, 0.717) is 24.8 Å². The van der Waals surface area contributed by atoms with E-state index in [-0.39, 0.29) is 12.1 Å². The molecular weight excluding hydrogens is 440 g/mol. The molecule has 2 aromatic carbocycles. The first-order valence-electron chi connectivity index (χ1n) is 12.8. The maximum absolute atomic E-state index is 12.3. The van der Waals surface area contributed by atoms with Crippen molar-refractivity contribution in [2.24, 2.45) is 0 Å². The highest BCUT2D eigenvalue weighted by Gasteiger charge is 2.35. The molecular formula is C28H36N4O3. The van der Waals surface area contributed by atoms with Gasteiger partial charge in [0.25, 0.3) is 0 Å². The third kappa shape index (κ3) is 6.46. The second-order valence-corrected chi connectivity index (χ2v) is 9.56. The van der Waals surface area contributed by atoms with Gasteiger partial charge in [0.05, 0.1) is 24.3 Å². The Morgan fingerprint density at radius 3 is 2.54 bits per heavy atom. The van der Waals surface area contributed by atoms with Gasteiger partial charge in [0, 0.05) is 37.4 Å². The predicted octanol–water partition coefficient (Wildman–Crippen LogP) is 5.01. The van der Waals surface area contributed by atoms with Crippen molar-refractivity contribution in [2.45, 2.75) is 70.1 Å². The fourth-order valence-electron chi connectivity index (χ4n) is 5.46. The van der Waals surface area contributed by atoms with Crippen molar-refractivity contribution in [3.05, 3.63) is 59.7 Å². The van der Waals surface area contributed by atoms with Crippen LogP contribution in [0, 0.1) is 11.3 Å². The summed E-state index contributed by atoms with van der Waals surface area (Å²) < 4.78 is 5.53. The van der Waals surface area contributed by atoms with E-state index < -0.39 is 6.09 Å². The number of carbonyl (C=O) groups is 1. The molecule has 0 bridgehead atoms. The van der Waals surface area contributed by atoms with Crippen LogP contribution < -0.4 is 15.0 Å². The number of nitriles is 1. The molecule has 1 saturated heterocycles. The van der Waals surface area contributed by atoms with E-state index in [2.05, 4.69) is 16.3 Å². The van der Waals surface area contributed by atoms with Crippen molar-refractivity contribution >= 4 is 11.8 Å². The SMILES string of the molecule is CCOc1ccc(CN(C(=O)O)[C@@H]2CCCC[C@H]2N[C@H]2CCCN(c3ccc(C#N)cc3)C2)cc1. The number of benzene rings is 2. The molecule has 1 saturated carbocycles. The summed E-state index contributed by atoms with van der Waals surface area (Å²) in [6.07, 6.45) is 5.36. The highest BCUT2D eigenvalue weighted by atomic mass is 16.5. The number of nitrogens with zero attached hydrogens (tertiary/aromatic N) is 3. The summed E-state index contributed by atoms with van der Waals surface area (Å²) in [6.45, 7) is 4.83. The molecule has 0 spiro atoms. The molecule has 1 heterocycles. The minimum absolute atomic E-state index is 0.0434. The molecule has 0 unspecified atom stereocenters. The zero-order chi connectivity index (χ0) is 24.6. The highest BCUT2D eigenvalue weighted by Crippen LogP contribution is 2.28. The second-order valence-electron chi connectivity index (χ2n) is 9.56. The molecule has 7 heteroatoms. The Labute approximate surface area is 208 Å². The summed E-state index contributed by atoms with van der Waals surface area (Å²) in [7, 11) is 0. The van der Waals surface area contributed by atoms with Gasteiger partial charge in [-0.25, -0.2) is 4.79 Å². The average Bonchev–Trinajstić information content (AvgIpc) is 2.89. The van der Waals surface area contributed by atoms with Gasteiger partial charge in [-0.2, -0.15) is 5.26 Å². The third-order valence-corrected chi connectivity index (χ3v) is 7.20. The Morgan fingerprint density at radius 2 is 1.86 bits per heavy atom. The Morgan fingerprint density at radius 1 is 1.11 bits per heavy atom. The van der Waals surface area contributed by atoms with Crippen molar-refractivity contribution in [1.82, 2.24) is 10.2 Å². The summed E-state index contributed by atoms with van der Waals surface area (Å²) in [4.78, 5) is 16.3. The van der Waals surface area contributed by atoms with E-state index in [1.165, 1.54) is 0 Å². The van der Waals surface area contributed by atoms with Crippen molar-refractivity contribution in [2.75, 3.05) is 24.6 Å². The monoisotopic (exact) mass is 476 g/mol. The second kappa shape index (κ2) is 11.9. The van der Waals surface area contributed by atoms with Gasteiger partial charge in [0.15, 0.2) is 0 Å². The molecule has 1 amide bonds. The van der Waals surface area contributed by atoms with Crippen LogP contribution in [-0.2, 0) is 6.54 Å². The number of piperidine rings is 1. The van der Waals surface area contributed by atoms with Crippen molar-refractivity contribution in [3.63, 3.8) is 0 Å². The Bertz CT molecular complexity index is 1000. The molecule has 3 atom stereocenters. The van der Waals surface area contributed by atoms with E-state index in [1.807, 2.05) is 55.5 Å². The molecule has 35 heavy (non-hydrogen) atoms. The Kier molecular flexibility index (Phi) is 8.49. The Balaban J connectivity index is 1.42. The number of rotatable bonds is 8. The molecule has 1 aliphatic heterocycles. The third-order valence-electron chi connectivity index (χ3n) is 7.20. The van der Waals surface area contributed by atoms with E-state index in [9.17, 15) is 9.90 Å². The first-order chi connectivity index (χ1) is 17.1. The first-order valence-corrected chi connectivity index (χ1v) is 12.8. The molecule has 2 aromatic rings. The van der Waals surface area contributed by atoms with Crippen molar-refractivity contribution in [3.8, 4) is 11.8 Å². The van der Waals surface area contributed by atoms with E-state index in [1.54, 1.807) is 4.90 Å². The summed E-state index contributed by atoms with van der Waals surface area (Å²) in [5, 5.41) is 23.1. The van der Waals surface area contributed by atoms with Gasteiger partial charge in [-0.05, 0) is 74.6 Å². The summed E-state index contributed by atoms with van der Waals surface area (Å²) >= 11 is 0. The number of anilines is 1. The van der Waals surface area contributed by atoms with Crippen LogP contribution in [0.1, 0.15) is 56.6 Å². The van der Waals surface area contributed by atoms with Gasteiger partial charge in [-0.15, -0.1) is 0 Å². The minimum atomic E-state index is -0.861. The summed E-state index contributed by atoms with van der Waals surface area (Å²) in [5.41, 5.74) is 2.79. The lowest BCUT2D eigenvalue weighted by Crippen LogP contribution is -2.58. The van der Waals surface area contributed by atoms with Gasteiger partial charge < -0.3 is 20.1 Å². The first kappa shape index (κ1) is 24.9. The lowest BCUT2D eigenvalue weighted by molar-refractivity contribution is 0.0874. The van der Waals surface area contributed by atoms with Crippen LogP contribution in [0.4, 0.5) is 10.5 Å². The topological polar surface area (TPSA) is 88.8 Å². The average molecular weight is 477 g/mol.